The van der Waals surface area contributed by atoms with Gasteiger partial charge in [-0.2, -0.15) is 0 Å². The highest BCUT2D eigenvalue weighted by Gasteiger charge is 2.24. The lowest BCUT2D eigenvalue weighted by Gasteiger charge is -2.23. The second kappa shape index (κ2) is 7.63. The van der Waals surface area contributed by atoms with E-state index in [-0.39, 0.29) is 18.3 Å². The number of methoxy groups -OCH3 is 1. The van der Waals surface area contributed by atoms with Gasteiger partial charge < -0.3 is 9.84 Å². The SMILES string of the molecule is COc1ccc(CN2CCC[C@@H]2CO)cc1-c1cccc([N+](=O)[O-])c1. The number of nitro groups is 1. The lowest BCUT2D eigenvalue weighted by Crippen LogP contribution is -2.31. The first-order valence-corrected chi connectivity index (χ1v) is 8.39. The van der Waals surface area contributed by atoms with E-state index in [1.54, 1.807) is 19.2 Å². The number of aliphatic hydroxyl groups is 1. The normalized spacial score (nSPS) is 17.6. The van der Waals surface area contributed by atoms with Gasteiger partial charge in [-0.3, -0.25) is 15.0 Å². The van der Waals surface area contributed by atoms with Gasteiger partial charge in [0, 0.05) is 30.3 Å². The van der Waals surface area contributed by atoms with Crippen molar-refractivity contribution in [3.05, 3.63) is 58.1 Å². The number of nitrogens with zero attached hydrogens (tertiary/aromatic N) is 2. The molecule has 2 aromatic carbocycles. The van der Waals surface area contributed by atoms with Gasteiger partial charge in [0.25, 0.3) is 5.69 Å². The zero-order valence-electron chi connectivity index (χ0n) is 14.2. The molecule has 1 saturated heterocycles. The molecule has 1 atom stereocenters. The smallest absolute Gasteiger partial charge is 0.270 e. The number of non-ortho nitro benzene ring substituents is 1. The van der Waals surface area contributed by atoms with Crippen molar-refractivity contribution < 1.29 is 14.8 Å². The quantitative estimate of drug-likeness (QED) is 0.644. The Balaban J connectivity index is 1.93. The number of hydrogen-bond acceptors (Lipinski definition) is 5. The van der Waals surface area contributed by atoms with Gasteiger partial charge in [0.05, 0.1) is 18.6 Å². The van der Waals surface area contributed by atoms with E-state index in [4.69, 9.17) is 4.74 Å². The molecule has 6 nitrogen and oxygen atoms in total. The maximum atomic E-state index is 11.0. The summed E-state index contributed by atoms with van der Waals surface area (Å²) >= 11 is 0. The monoisotopic (exact) mass is 342 g/mol. The molecule has 0 aliphatic carbocycles. The molecule has 1 aliphatic heterocycles. The third-order valence-corrected chi connectivity index (χ3v) is 4.73. The van der Waals surface area contributed by atoms with Crippen LogP contribution in [-0.4, -0.2) is 41.2 Å². The summed E-state index contributed by atoms with van der Waals surface area (Å²) in [6.07, 6.45) is 2.11. The van der Waals surface area contributed by atoms with E-state index in [9.17, 15) is 15.2 Å². The summed E-state index contributed by atoms with van der Waals surface area (Å²) in [7, 11) is 1.60. The first kappa shape index (κ1) is 17.4. The van der Waals surface area contributed by atoms with E-state index >= 15 is 0 Å². The topological polar surface area (TPSA) is 75.8 Å². The lowest BCUT2D eigenvalue weighted by molar-refractivity contribution is -0.384. The van der Waals surface area contributed by atoms with E-state index in [1.807, 2.05) is 24.3 Å². The largest absolute Gasteiger partial charge is 0.496 e. The fraction of sp³-hybridized carbons (Fsp3) is 0.368. The van der Waals surface area contributed by atoms with Crippen LogP contribution in [0.25, 0.3) is 11.1 Å². The first-order chi connectivity index (χ1) is 12.1. The predicted molar refractivity (Wildman–Crippen MR) is 95.6 cm³/mol. The molecule has 0 aromatic heterocycles. The van der Waals surface area contributed by atoms with Crippen LogP contribution in [0.3, 0.4) is 0 Å². The Hall–Kier alpha value is -2.44. The van der Waals surface area contributed by atoms with Crippen LogP contribution in [0.5, 0.6) is 5.75 Å². The van der Waals surface area contributed by atoms with Crippen molar-refractivity contribution in [1.29, 1.82) is 0 Å². The molecule has 0 spiro atoms. The van der Waals surface area contributed by atoms with Crippen molar-refractivity contribution >= 4 is 5.69 Å². The molecule has 0 unspecified atom stereocenters. The van der Waals surface area contributed by atoms with E-state index in [2.05, 4.69) is 4.90 Å². The Morgan fingerprint density at radius 3 is 2.88 bits per heavy atom. The van der Waals surface area contributed by atoms with Crippen LogP contribution in [0, 0.1) is 10.1 Å². The average Bonchev–Trinajstić information content (AvgIpc) is 3.09. The number of hydrogen-bond donors (Lipinski definition) is 1. The number of benzene rings is 2. The molecular formula is C19H22N2O4. The van der Waals surface area contributed by atoms with Gasteiger partial charge in [-0.15, -0.1) is 0 Å². The van der Waals surface area contributed by atoms with Gasteiger partial charge in [-0.25, -0.2) is 0 Å². The molecule has 3 rings (SSSR count). The Labute approximate surface area is 146 Å². The zero-order valence-corrected chi connectivity index (χ0v) is 14.2. The summed E-state index contributed by atoms with van der Waals surface area (Å²) in [6, 6.07) is 12.7. The summed E-state index contributed by atoms with van der Waals surface area (Å²) in [5.74, 6) is 0.685. The highest BCUT2D eigenvalue weighted by molar-refractivity contribution is 5.73. The van der Waals surface area contributed by atoms with Crippen molar-refractivity contribution in [2.45, 2.75) is 25.4 Å². The molecule has 2 aromatic rings. The van der Waals surface area contributed by atoms with Crippen molar-refractivity contribution in [1.82, 2.24) is 4.90 Å². The molecule has 1 fully saturated rings. The van der Waals surface area contributed by atoms with Crippen LogP contribution in [0.4, 0.5) is 5.69 Å². The Morgan fingerprint density at radius 2 is 2.16 bits per heavy atom. The van der Waals surface area contributed by atoms with Gasteiger partial charge in [0.1, 0.15) is 5.75 Å². The van der Waals surface area contributed by atoms with Crippen molar-refractivity contribution in [2.75, 3.05) is 20.3 Å². The number of aliphatic hydroxyl groups excluding tert-OH is 1. The van der Waals surface area contributed by atoms with Crippen LogP contribution in [0.2, 0.25) is 0 Å². The molecular weight excluding hydrogens is 320 g/mol. The van der Waals surface area contributed by atoms with E-state index in [0.29, 0.717) is 5.75 Å². The van der Waals surface area contributed by atoms with Gasteiger partial charge in [-0.05, 0) is 42.6 Å². The maximum absolute atomic E-state index is 11.0. The molecule has 1 heterocycles. The van der Waals surface area contributed by atoms with Crippen LogP contribution in [0.1, 0.15) is 18.4 Å². The number of rotatable bonds is 6. The number of likely N-dealkylation sites (tertiary alicyclic amines) is 1. The average molecular weight is 342 g/mol. The summed E-state index contributed by atoms with van der Waals surface area (Å²) in [5, 5.41) is 20.5. The minimum Gasteiger partial charge on any atom is -0.496 e. The Morgan fingerprint density at radius 1 is 1.32 bits per heavy atom. The fourth-order valence-electron chi connectivity index (χ4n) is 3.41. The van der Waals surface area contributed by atoms with Gasteiger partial charge >= 0.3 is 0 Å². The zero-order chi connectivity index (χ0) is 17.8. The molecule has 0 saturated carbocycles. The van der Waals surface area contributed by atoms with E-state index in [1.165, 1.54) is 6.07 Å². The second-order valence-corrected chi connectivity index (χ2v) is 6.29. The standard InChI is InChI=1S/C19H22N2O4/c1-25-19-8-7-14(12-20-9-3-6-17(20)13-22)10-18(19)15-4-2-5-16(11-15)21(23)24/h2,4-5,7-8,10-11,17,22H,3,6,9,12-13H2,1H3/t17-/m1/s1. The summed E-state index contributed by atoms with van der Waals surface area (Å²) in [5.41, 5.74) is 2.75. The highest BCUT2D eigenvalue weighted by atomic mass is 16.6. The lowest BCUT2D eigenvalue weighted by atomic mass is 10.0. The fourth-order valence-corrected chi connectivity index (χ4v) is 3.41. The van der Waals surface area contributed by atoms with Crippen molar-refractivity contribution in [3.8, 4) is 16.9 Å². The molecule has 1 N–H and O–H groups in total. The van der Waals surface area contributed by atoms with Gasteiger partial charge in [0.2, 0.25) is 0 Å². The van der Waals surface area contributed by atoms with Gasteiger partial charge in [0.15, 0.2) is 0 Å². The summed E-state index contributed by atoms with van der Waals surface area (Å²) in [4.78, 5) is 12.9. The number of ether oxygens (including phenoxy) is 1. The van der Waals surface area contributed by atoms with Crippen LogP contribution < -0.4 is 4.74 Å². The molecule has 6 heteroatoms. The number of nitro benzene ring substituents is 1. The maximum Gasteiger partial charge on any atom is 0.270 e. The van der Waals surface area contributed by atoms with E-state index < -0.39 is 4.92 Å². The third kappa shape index (κ3) is 3.81. The molecule has 0 amide bonds. The molecule has 0 bridgehead atoms. The molecule has 1 aliphatic rings. The van der Waals surface area contributed by atoms with Crippen molar-refractivity contribution in [2.24, 2.45) is 0 Å². The minimum atomic E-state index is -0.393. The predicted octanol–water partition coefficient (Wildman–Crippen LogP) is 3.23. The molecule has 132 valence electrons. The summed E-state index contributed by atoms with van der Waals surface area (Å²) in [6.45, 7) is 1.90. The molecule has 25 heavy (non-hydrogen) atoms. The Bertz CT molecular complexity index is 763. The first-order valence-electron chi connectivity index (χ1n) is 8.39. The van der Waals surface area contributed by atoms with Crippen LogP contribution in [-0.2, 0) is 6.54 Å². The van der Waals surface area contributed by atoms with Crippen molar-refractivity contribution in [3.63, 3.8) is 0 Å². The second-order valence-electron chi connectivity index (χ2n) is 6.29. The summed E-state index contributed by atoms with van der Waals surface area (Å²) < 4.78 is 5.44. The minimum absolute atomic E-state index is 0.0600. The van der Waals surface area contributed by atoms with Gasteiger partial charge in [-0.1, -0.05) is 18.2 Å². The van der Waals surface area contributed by atoms with Crippen LogP contribution >= 0.6 is 0 Å². The van der Waals surface area contributed by atoms with Crippen LogP contribution in [0.15, 0.2) is 42.5 Å². The Kier molecular flexibility index (Phi) is 5.31. The third-order valence-electron chi connectivity index (χ3n) is 4.73. The van der Waals surface area contributed by atoms with E-state index in [0.717, 1.165) is 42.6 Å². The highest BCUT2D eigenvalue weighted by Crippen LogP contribution is 2.33. The molecule has 0 radical (unpaired) electrons.